The molecule has 1 aromatic heterocycles. The molecule has 0 radical (unpaired) electrons. The number of anilines is 1. The lowest BCUT2D eigenvalue weighted by Gasteiger charge is -2.25. The molecular formula is C15H24N2. The Labute approximate surface area is 105 Å². The second-order valence-corrected chi connectivity index (χ2v) is 5.18. The molecule has 0 spiro atoms. The van der Waals surface area contributed by atoms with Crippen LogP contribution in [0.5, 0.6) is 0 Å². The van der Waals surface area contributed by atoms with Crippen molar-refractivity contribution in [3.05, 3.63) is 23.9 Å². The van der Waals surface area contributed by atoms with Gasteiger partial charge >= 0.3 is 0 Å². The van der Waals surface area contributed by atoms with Gasteiger partial charge in [0.1, 0.15) is 5.82 Å². The summed E-state index contributed by atoms with van der Waals surface area (Å²) >= 11 is 0. The Kier molecular flexibility index (Phi) is 4.41. The van der Waals surface area contributed by atoms with E-state index >= 15 is 0 Å². The van der Waals surface area contributed by atoms with Gasteiger partial charge in [-0.15, -0.1) is 0 Å². The molecule has 94 valence electrons. The topological polar surface area (TPSA) is 16.1 Å². The zero-order chi connectivity index (χ0) is 12.1. The van der Waals surface area contributed by atoms with Crippen LogP contribution in [-0.2, 0) is 6.42 Å². The van der Waals surface area contributed by atoms with Crippen molar-refractivity contribution in [2.24, 2.45) is 0 Å². The third-order valence-corrected chi connectivity index (χ3v) is 3.86. The first kappa shape index (κ1) is 12.4. The summed E-state index contributed by atoms with van der Waals surface area (Å²) in [6.45, 7) is 2.23. The Morgan fingerprint density at radius 2 is 2.06 bits per heavy atom. The summed E-state index contributed by atoms with van der Waals surface area (Å²) in [6, 6.07) is 5.14. The van der Waals surface area contributed by atoms with E-state index in [1.54, 1.807) is 0 Å². The van der Waals surface area contributed by atoms with Crippen LogP contribution in [0.4, 0.5) is 5.82 Å². The number of hydrogen-bond donors (Lipinski definition) is 0. The molecule has 1 fully saturated rings. The van der Waals surface area contributed by atoms with E-state index in [1.165, 1.54) is 44.1 Å². The molecule has 2 rings (SSSR count). The van der Waals surface area contributed by atoms with E-state index in [1.807, 2.05) is 0 Å². The van der Waals surface area contributed by atoms with Crippen molar-refractivity contribution in [2.45, 2.75) is 57.9 Å². The number of nitrogens with zero attached hydrogens (tertiary/aromatic N) is 2. The van der Waals surface area contributed by atoms with Crippen molar-refractivity contribution in [3.8, 4) is 0 Å². The highest BCUT2D eigenvalue weighted by molar-refractivity contribution is 5.39. The summed E-state index contributed by atoms with van der Waals surface area (Å²) in [5.74, 6) is 1.14. The molecule has 17 heavy (non-hydrogen) atoms. The van der Waals surface area contributed by atoms with Crippen LogP contribution >= 0.6 is 0 Å². The number of aryl methyl sites for hydroxylation is 1. The molecule has 0 N–H and O–H groups in total. The Balaban J connectivity index is 1.96. The smallest absolute Gasteiger partial charge is 0.128 e. The minimum absolute atomic E-state index is 0.712. The maximum atomic E-state index is 4.60. The fourth-order valence-electron chi connectivity index (χ4n) is 2.63. The molecule has 1 saturated carbocycles. The summed E-state index contributed by atoms with van der Waals surface area (Å²) < 4.78 is 0. The van der Waals surface area contributed by atoms with E-state index < -0.39 is 0 Å². The molecule has 1 heterocycles. The van der Waals surface area contributed by atoms with Gasteiger partial charge in [0, 0.05) is 19.3 Å². The lowest BCUT2D eigenvalue weighted by Crippen LogP contribution is -2.29. The minimum Gasteiger partial charge on any atom is -0.357 e. The molecule has 0 amide bonds. The number of rotatable bonds is 5. The van der Waals surface area contributed by atoms with E-state index in [-0.39, 0.29) is 0 Å². The molecule has 0 saturated heterocycles. The van der Waals surface area contributed by atoms with Crippen LogP contribution in [0.2, 0.25) is 0 Å². The van der Waals surface area contributed by atoms with Crippen molar-refractivity contribution in [1.29, 1.82) is 0 Å². The Hall–Kier alpha value is -1.05. The van der Waals surface area contributed by atoms with Gasteiger partial charge in [-0.2, -0.15) is 0 Å². The standard InChI is InChI=1S/C15H24N2/c1-3-4-7-13-10-11-15(16-12-13)17(2)14-8-5-6-9-14/h10-12,14H,3-9H2,1-2H3. The van der Waals surface area contributed by atoms with Crippen LogP contribution in [0.15, 0.2) is 18.3 Å². The Morgan fingerprint density at radius 3 is 2.65 bits per heavy atom. The monoisotopic (exact) mass is 232 g/mol. The van der Waals surface area contributed by atoms with E-state index in [0.717, 1.165) is 12.2 Å². The van der Waals surface area contributed by atoms with Gasteiger partial charge < -0.3 is 4.90 Å². The lowest BCUT2D eigenvalue weighted by molar-refractivity contribution is 0.646. The maximum absolute atomic E-state index is 4.60. The van der Waals surface area contributed by atoms with Crippen molar-refractivity contribution < 1.29 is 0 Å². The predicted octanol–water partition coefficient (Wildman–Crippen LogP) is 3.80. The molecule has 2 nitrogen and oxygen atoms in total. The van der Waals surface area contributed by atoms with Crippen molar-refractivity contribution >= 4 is 5.82 Å². The summed E-state index contributed by atoms with van der Waals surface area (Å²) in [5, 5.41) is 0. The van der Waals surface area contributed by atoms with Gasteiger partial charge in [-0.25, -0.2) is 4.98 Å². The summed E-state index contributed by atoms with van der Waals surface area (Å²) in [4.78, 5) is 6.96. The third-order valence-electron chi connectivity index (χ3n) is 3.86. The summed E-state index contributed by atoms with van der Waals surface area (Å²) in [5.41, 5.74) is 1.37. The zero-order valence-corrected chi connectivity index (χ0v) is 11.2. The van der Waals surface area contributed by atoms with Crippen molar-refractivity contribution in [3.63, 3.8) is 0 Å². The fourth-order valence-corrected chi connectivity index (χ4v) is 2.63. The predicted molar refractivity (Wildman–Crippen MR) is 73.5 cm³/mol. The number of unbranched alkanes of at least 4 members (excludes halogenated alkanes) is 1. The molecule has 1 aliphatic rings. The van der Waals surface area contributed by atoms with Gasteiger partial charge in [-0.3, -0.25) is 0 Å². The first-order chi connectivity index (χ1) is 8.31. The molecule has 0 atom stereocenters. The summed E-state index contributed by atoms with van der Waals surface area (Å²) in [6.07, 6.45) is 11.1. The fraction of sp³-hybridized carbons (Fsp3) is 0.667. The van der Waals surface area contributed by atoms with Crippen LogP contribution in [0.1, 0.15) is 51.0 Å². The van der Waals surface area contributed by atoms with Crippen LogP contribution in [0.25, 0.3) is 0 Å². The minimum atomic E-state index is 0.712. The van der Waals surface area contributed by atoms with Gasteiger partial charge in [0.15, 0.2) is 0 Å². The molecular weight excluding hydrogens is 208 g/mol. The van der Waals surface area contributed by atoms with E-state index in [4.69, 9.17) is 0 Å². The highest BCUT2D eigenvalue weighted by Crippen LogP contribution is 2.25. The molecule has 0 aromatic carbocycles. The molecule has 0 bridgehead atoms. The van der Waals surface area contributed by atoms with Crippen LogP contribution < -0.4 is 4.90 Å². The largest absolute Gasteiger partial charge is 0.357 e. The van der Waals surface area contributed by atoms with Crippen molar-refractivity contribution in [1.82, 2.24) is 4.98 Å². The van der Waals surface area contributed by atoms with E-state index in [0.29, 0.717) is 6.04 Å². The number of aromatic nitrogens is 1. The second-order valence-electron chi connectivity index (χ2n) is 5.18. The van der Waals surface area contributed by atoms with Crippen LogP contribution in [0, 0.1) is 0 Å². The van der Waals surface area contributed by atoms with Crippen LogP contribution in [-0.4, -0.2) is 18.1 Å². The van der Waals surface area contributed by atoms with Gasteiger partial charge in [0.25, 0.3) is 0 Å². The lowest BCUT2D eigenvalue weighted by atomic mass is 10.1. The average molecular weight is 232 g/mol. The molecule has 0 aliphatic heterocycles. The van der Waals surface area contributed by atoms with Gasteiger partial charge in [-0.05, 0) is 37.3 Å². The molecule has 1 aromatic rings. The number of hydrogen-bond acceptors (Lipinski definition) is 2. The third kappa shape index (κ3) is 3.21. The second kappa shape index (κ2) is 6.04. The highest BCUT2D eigenvalue weighted by atomic mass is 15.2. The highest BCUT2D eigenvalue weighted by Gasteiger charge is 2.20. The van der Waals surface area contributed by atoms with E-state index in [9.17, 15) is 0 Å². The molecule has 2 heteroatoms. The first-order valence-corrected chi connectivity index (χ1v) is 6.99. The normalized spacial score (nSPS) is 16.4. The molecule has 0 unspecified atom stereocenters. The molecule has 1 aliphatic carbocycles. The van der Waals surface area contributed by atoms with E-state index in [2.05, 4.69) is 42.2 Å². The zero-order valence-electron chi connectivity index (χ0n) is 11.2. The van der Waals surface area contributed by atoms with Crippen molar-refractivity contribution in [2.75, 3.05) is 11.9 Å². The summed E-state index contributed by atoms with van der Waals surface area (Å²) in [7, 11) is 2.18. The van der Waals surface area contributed by atoms with Gasteiger partial charge in [0.05, 0.1) is 0 Å². The van der Waals surface area contributed by atoms with Gasteiger partial charge in [-0.1, -0.05) is 32.3 Å². The Bertz CT molecular complexity index is 325. The Morgan fingerprint density at radius 1 is 1.29 bits per heavy atom. The van der Waals surface area contributed by atoms with Crippen LogP contribution in [0.3, 0.4) is 0 Å². The SMILES string of the molecule is CCCCc1ccc(N(C)C2CCCC2)nc1. The quantitative estimate of drug-likeness (QED) is 0.767. The first-order valence-electron chi connectivity index (χ1n) is 6.99. The average Bonchev–Trinajstić information content (AvgIpc) is 2.90. The number of pyridine rings is 1. The maximum Gasteiger partial charge on any atom is 0.128 e. The van der Waals surface area contributed by atoms with Gasteiger partial charge in [0.2, 0.25) is 0 Å².